The lowest BCUT2D eigenvalue weighted by Gasteiger charge is -2.04. The van der Waals surface area contributed by atoms with E-state index in [0.29, 0.717) is 22.1 Å². The molecule has 0 radical (unpaired) electrons. The van der Waals surface area contributed by atoms with Gasteiger partial charge in [0.1, 0.15) is 11.5 Å². The van der Waals surface area contributed by atoms with Crippen molar-refractivity contribution in [1.29, 1.82) is 0 Å². The molecule has 3 rings (SSSR count). The Balaban J connectivity index is 1.98. The normalized spacial score (nSPS) is 12.4. The minimum absolute atomic E-state index is 0.130. The van der Waals surface area contributed by atoms with Gasteiger partial charge in [-0.3, -0.25) is 9.98 Å². The molecule has 1 aromatic carbocycles. The number of aromatic nitrogens is 2. The molecular formula is C17H13BrFN5S. The molecule has 0 unspecified atom stereocenters. The van der Waals surface area contributed by atoms with Crippen LogP contribution in [0.25, 0.3) is 0 Å². The van der Waals surface area contributed by atoms with Crippen molar-refractivity contribution in [3.8, 4) is 0 Å². The van der Waals surface area contributed by atoms with Gasteiger partial charge in [-0.25, -0.2) is 14.4 Å². The average Bonchev–Trinajstić information content (AvgIpc) is 3.14. The molecule has 0 aliphatic rings. The Hall–Kier alpha value is -2.45. The molecule has 0 spiro atoms. The average molecular weight is 418 g/mol. The maximum Gasteiger partial charge on any atom is 0.176 e. The van der Waals surface area contributed by atoms with Crippen LogP contribution in [0.4, 0.5) is 4.39 Å². The summed E-state index contributed by atoms with van der Waals surface area (Å²) in [6, 6.07) is 10.1. The van der Waals surface area contributed by atoms with Gasteiger partial charge in [0.15, 0.2) is 16.7 Å². The standard InChI is InChI=1S/C17H13BrFN5S/c18-12-5-6-21-14(9-12)16(24-15(20)17-22-7-8-25-17)23-10-11-3-1-2-4-13(11)19/h1-9H,10H2,(H2,20,23,24). The van der Waals surface area contributed by atoms with Crippen molar-refractivity contribution in [1.82, 2.24) is 9.97 Å². The Kier molecular flexibility index (Phi) is 5.62. The molecule has 2 aromatic heterocycles. The van der Waals surface area contributed by atoms with E-state index in [1.807, 2.05) is 5.38 Å². The minimum Gasteiger partial charge on any atom is -0.381 e. The second kappa shape index (κ2) is 8.09. The van der Waals surface area contributed by atoms with Crippen LogP contribution >= 0.6 is 27.3 Å². The number of thiazole rings is 1. The fourth-order valence-corrected chi connectivity index (χ4v) is 2.87. The van der Waals surface area contributed by atoms with Crippen LogP contribution in [0.5, 0.6) is 0 Å². The number of rotatable bonds is 4. The summed E-state index contributed by atoms with van der Waals surface area (Å²) in [5.74, 6) is 0.242. The molecule has 0 aliphatic heterocycles. The Morgan fingerprint density at radius 1 is 1.20 bits per heavy atom. The molecular weight excluding hydrogens is 405 g/mol. The molecule has 3 aromatic rings. The second-order valence-electron chi connectivity index (χ2n) is 4.92. The summed E-state index contributed by atoms with van der Waals surface area (Å²) in [6.07, 6.45) is 3.28. The van der Waals surface area contributed by atoms with Crippen LogP contribution in [0.15, 0.2) is 68.6 Å². The van der Waals surface area contributed by atoms with E-state index < -0.39 is 0 Å². The summed E-state index contributed by atoms with van der Waals surface area (Å²) in [6.45, 7) is 0.130. The molecule has 0 atom stereocenters. The highest BCUT2D eigenvalue weighted by Crippen LogP contribution is 2.14. The smallest absolute Gasteiger partial charge is 0.176 e. The zero-order chi connectivity index (χ0) is 17.6. The third kappa shape index (κ3) is 4.55. The Labute approximate surface area is 156 Å². The Morgan fingerprint density at radius 2 is 2.04 bits per heavy atom. The SMILES string of the molecule is NC(=NC(=NCc1ccccc1F)c1cc(Br)ccn1)c1nccs1. The number of hydrogen-bond acceptors (Lipinski definition) is 4. The predicted molar refractivity (Wildman–Crippen MR) is 101 cm³/mol. The van der Waals surface area contributed by atoms with Crippen molar-refractivity contribution in [3.63, 3.8) is 0 Å². The molecule has 0 amide bonds. The number of halogens is 2. The first kappa shape index (κ1) is 17.4. The molecule has 0 fully saturated rings. The van der Waals surface area contributed by atoms with Crippen LogP contribution in [-0.4, -0.2) is 21.6 Å². The lowest BCUT2D eigenvalue weighted by atomic mass is 10.2. The zero-order valence-electron chi connectivity index (χ0n) is 12.9. The van der Waals surface area contributed by atoms with Gasteiger partial charge in [-0.15, -0.1) is 11.3 Å². The van der Waals surface area contributed by atoms with Crippen molar-refractivity contribution in [2.45, 2.75) is 6.54 Å². The van der Waals surface area contributed by atoms with Gasteiger partial charge in [-0.05, 0) is 18.2 Å². The Bertz CT molecular complexity index is 924. The van der Waals surface area contributed by atoms with E-state index in [9.17, 15) is 4.39 Å². The number of hydrogen-bond donors (Lipinski definition) is 1. The molecule has 0 saturated carbocycles. The van der Waals surface area contributed by atoms with Gasteiger partial charge in [0.2, 0.25) is 0 Å². The van der Waals surface area contributed by atoms with Gasteiger partial charge in [0, 0.05) is 27.8 Å². The van der Waals surface area contributed by atoms with E-state index in [0.717, 1.165) is 4.47 Å². The summed E-state index contributed by atoms with van der Waals surface area (Å²) in [5.41, 5.74) is 7.02. The maximum absolute atomic E-state index is 13.8. The van der Waals surface area contributed by atoms with Crippen LogP contribution in [0.3, 0.4) is 0 Å². The van der Waals surface area contributed by atoms with Gasteiger partial charge >= 0.3 is 0 Å². The number of pyridine rings is 1. The lowest BCUT2D eigenvalue weighted by Crippen LogP contribution is -2.16. The second-order valence-corrected chi connectivity index (χ2v) is 6.74. The summed E-state index contributed by atoms with van der Waals surface area (Å²) in [4.78, 5) is 17.2. The fraction of sp³-hybridized carbons (Fsp3) is 0.0588. The lowest BCUT2D eigenvalue weighted by molar-refractivity contribution is 0.611. The monoisotopic (exact) mass is 417 g/mol. The summed E-state index contributed by atoms with van der Waals surface area (Å²) < 4.78 is 14.7. The van der Waals surface area contributed by atoms with Crippen LogP contribution in [0.1, 0.15) is 16.3 Å². The van der Waals surface area contributed by atoms with Crippen molar-refractivity contribution in [2.75, 3.05) is 0 Å². The summed E-state index contributed by atoms with van der Waals surface area (Å²) in [5, 5.41) is 2.40. The fourth-order valence-electron chi connectivity index (χ4n) is 2.00. The highest BCUT2D eigenvalue weighted by atomic mass is 79.9. The third-order valence-electron chi connectivity index (χ3n) is 3.19. The van der Waals surface area contributed by atoms with Gasteiger partial charge in [-0.2, -0.15) is 0 Å². The molecule has 8 heteroatoms. The molecule has 0 aliphatic carbocycles. The first-order valence-electron chi connectivity index (χ1n) is 7.27. The van der Waals surface area contributed by atoms with E-state index >= 15 is 0 Å². The van der Waals surface area contributed by atoms with E-state index in [4.69, 9.17) is 5.73 Å². The largest absolute Gasteiger partial charge is 0.381 e. The van der Waals surface area contributed by atoms with Crippen molar-refractivity contribution in [2.24, 2.45) is 15.7 Å². The molecule has 2 N–H and O–H groups in total. The molecule has 126 valence electrons. The zero-order valence-corrected chi connectivity index (χ0v) is 15.3. The first-order valence-corrected chi connectivity index (χ1v) is 8.94. The van der Waals surface area contributed by atoms with Crippen LogP contribution < -0.4 is 5.73 Å². The minimum atomic E-state index is -0.315. The van der Waals surface area contributed by atoms with Gasteiger partial charge in [0.05, 0.1) is 6.54 Å². The predicted octanol–water partition coefficient (Wildman–Crippen LogP) is 3.79. The van der Waals surface area contributed by atoms with Crippen LogP contribution in [0.2, 0.25) is 0 Å². The topological polar surface area (TPSA) is 76.5 Å². The molecule has 0 saturated heterocycles. The van der Waals surface area contributed by atoms with E-state index in [2.05, 4.69) is 35.9 Å². The van der Waals surface area contributed by atoms with Gasteiger partial charge < -0.3 is 5.73 Å². The Morgan fingerprint density at radius 3 is 2.76 bits per heavy atom. The number of benzene rings is 1. The van der Waals surface area contributed by atoms with Crippen LogP contribution in [0, 0.1) is 5.82 Å². The number of aliphatic imine (C=N–C) groups is 2. The molecule has 25 heavy (non-hydrogen) atoms. The van der Waals surface area contributed by atoms with Gasteiger partial charge in [-0.1, -0.05) is 34.1 Å². The quantitative estimate of drug-likeness (QED) is 0.518. The molecule has 5 nitrogen and oxygen atoms in total. The van der Waals surface area contributed by atoms with Crippen molar-refractivity contribution >= 4 is 38.9 Å². The van der Waals surface area contributed by atoms with Gasteiger partial charge in [0.25, 0.3) is 0 Å². The third-order valence-corrected chi connectivity index (χ3v) is 4.47. The molecule has 2 heterocycles. The van der Waals surface area contributed by atoms with E-state index in [1.54, 1.807) is 42.7 Å². The highest BCUT2D eigenvalue weighted by Gasteiger charge is 2.09. The summed E-state index contributed by atoms with van der Waals surface area (Å²) in [7, 11) is 0. The summed E-state index contributed by atoms with van der Waals surface area (Å²) >= 11 is 4.77. The highest BCUT2D eigenvalue weighted by molar-refractivity contribution is 9.10. The first-order chi connectivity index (χ1) is 12.1. The van der Waals surface area contributed by atoms with Crippen LogP contribution in [-0.2, 0) is 6.54 Å². The number of nitrogens with zero attached hydrogens (tertiary/aromatic N) is 4. The van der Waals surface area contributed by atoms with Crippen molar-refractivity contribution < 1.29 is 4.39 Å². The number of nitrogens with two attached hydrogens (primary N) is 1. The number of amidine groups is 2. The van der Waals surface area contributed by atoms with E-state index in [1.165, 1.54) is 17.4 Å². The van der Waals surface area contributed by atoms with Crippen molar-refractivity contribution in [3.05, 3.63) is 80.7 Å². The maximum atomic E-state index is 13.8. The van der Waals surface area contributed by atoms with E-state index in [-0.39, 0.29) is 18.2 Å². The molecule has 0 bridgehead atoms.